The summed E-state index contributed by atoms with van der Waals surface area (Å²) in [6, 6.07) is 20.5. The van der Waals surface area contributed by atoms with E-state index in [1.165, 1.54) is 6.07 Å². The molecule has 1 aliphatic rings. The molecule has 4 rings (SSSR count). The van der Waals surface area contributed by atoms with E-state index >= 15 is 0 Å². The van der Waals surface area contributed by atoms with E-state index in [9.17, 15) is 4.39 Å². The Hall–Kier alpha value is -2.76. The Morgan fingerprint density at radius 2 is 1.83 bits per heavy atom. The molecule has 0 atom stereocenters. The Bertz CT molecular complexity index is 992. The molecule has 1 aliphatic heterocycles. The second kappa shape index (κ2) is 9.83. The highest BCUT2D eigenvalue weighted by Crippen LogP contribution is 2.29. The van der Waals surface area contributed by atoms with E-state index in [1.54, 1.807) is 18.2 Å². The summed E-state index contributed by atoms with van der Waals surface area (Å²) in [6.45, 7) is 3.99. The van der Waals surface area contributed by atoms with E-state index in [-0.39, 0.29) is 12.4 Å². The van der Waals surface area contributed by atoms with Crippen molar-refractivity contribution in [1.29, 1.82) is 0 Å². The standard InChI is InChI=1S/C24H24ClFN2O2/c25-22-15-20(8-9-24(22)28-10-12-29-13-11-28)27-16-18-4-3-6-21(14-18)30-17-19-5-1-2-7-23(19)26/h1-9,14-15,27H,10-13,16-17H2. The molecule has 30 heavy (non-hydrogen) atoms. The van der Waals surface area contributed by atoms with Gasteiger partial charge >= 0.3 is 0 Å². The van der Waals surface area contributed by atoms with E-state index in [0.29, 0.717) is 17.9 Å². The molecule has 1 heterocycles. The normalized spacial score (nSPS) is 13.9. The van der Waals surface area contributed by atoms with Gasteiger partial charge in [0.1, 0.15) is 18.2 Å². The van der Waals surface area contributed by atoms with Crippen molar-refractivity contribution in [2.75, 3.05) is 36.5 Å². The summed E-state index contributed by atoms with van der Waals surface area (Å²) in [5.74, 6) is 0.450. The van der Waals surface area contributed by atoms with Crippen LogP contribution in [-0.4, -0.2) is 26.3 Å². The molecular weight excluding hydrogens is 403 g/mol. The van der Waals surface area contributed by atoms with Crippen LogP contribution in [0.5, 0.6) is 5.75 Å². The monoisotopic (exact) mass is 426 g/mol. The van der Waals surface area contributed by atoms with Gasteiger partial charge < -0.3 is 19.7 Å². The van der Waals surface area contributed by atoms with Gasteiger partial charge in [0, 0.05) is 30.9 Å². The van der Waals surface area contributed by atoms with Crippen LogP contribution >= 0.6 is 11.6 Å². The summed E-state index contributed by atoms with van der Waals surface area (Å²) >= 11 is 6.51. The molecule has 0 bridgehead atoms. The van der Waals surface area contributed by atoms with Crippen molar-refractivity contribution in [3.63, 3.8) is 0 Å². The fourth-order valence-electron chi connectivity index (χ4n) is 3.40. The molecule has 0 aliphatic carbocycles. The van der Waals surface area contributed by atoms with Gasteiger partial charge in [0.25, 0.3) is 0 Å². The van der Waals surface area contributed by atoms with Crippen LogP contribution in [-0.2, 0) is 17.9 Å². The largest absolute Gasteiger partial charge is 0.489 e. The minimum atomic E-state index is -0.257. The first-order valence-electron chi connectivity index (χ1n) is 10.0. The first-order chi connectivity index (χ1) is 14.7. The van der Waals surface area contributed by atoms with Gasteiger partial charge in [-0.05, 0) is 42.0 Å². The number of halogens is 2. The van der Waals surface area contributed by atoms with Gasteiger partial charge in [0.2, 0.25) is 0 Å². The summed E-state index contributed by atoms with van der Waals surface area (Å²) < 4.78 is 24.9. The van der Waals surface area contributed by atoms with Crippen molar-refractivity contribution < 1.29 is 13.9 Å². The third-order valence-electron chi connectivity index (χ3n) is 5.05. The fraction of sp³-hybridized carbons (Fsp3) is 0.250. The molecule has 0 unspecified atom stereocenters. The zero-order chi connectivity index (χ0) is 20.8. The maximum atomic E-state index is 13.7. The molecule has 0 spiro atoms. The first kappa shape index (κ1) is 20.5. The molecule has 0 amide bonds. The molecule has 1 fully saturated rings. The van der Waals surface area contributed by atoms with Gasteiger partial charge in [-0.3, -0.25) is 0 Å². The Morgan fingerprint density at radius 1 is 1.00 bits per heavy atom. The Balaban J connectivity index is 1.35. The summed E-state index contributed by atoms with van der Waals surface area (Å²) in [7, 11) is 0. The molecule has 1 N–H and O–H groups in total. The Kier molecular flexibility index (Phi) is 6.72. The third kappa shape index (κ3) is 5.23. The summed E-state index contributed by atoms with van der Waals surface area (Å²) in [4.78, 5) is 2.24. The van der Waals surface area contributed by atoms with Gasteiger partial charge in [-0.15, -0.1) is 0 Å². The van der Waals surface area contributed by atoms with Crippen molar-refractivity contribution in [2.45, 2.75) is 13.2 Å². The fourth-order valence-corrected chi connectivity index (χ4v) is 3.70. The second-order valence-electron chi connectivity index (χ2n) is 7.15. The smallest absolute Gasteiger partial charge is 0.129 e. The topological polar surface area (TPSA) is 33.7 Å². The number of anilines is 2. The second-order valence-corrected chi connectivity index (χ2v) is 7.55. The maximum Gasteiger partial charge on any atom is 0.129 e. The molecule has 0 saturated carbocycles. The van der Waals surface area contributed by atoms with E-state index in [0.717, 1.165) is 48.3 Å². The van der Waals surface area contributed by atoms with Crippen LogP contribution < -0.4 is 15.0 Å². The molecule has 0 radical (unpaired) electrons. The van der Waals surface area contributed by atoms with Crippen LogP contribution in [0.1, 0.15) is 11.1 Å². The molecule has 156 valence electrons. The predicted octanol–water partition coefficient (Wildman–Crippen LogP) is 5.51. The SMILES string of the molecule is Fc1ccccc1COc1cccc(CNc2ccc(N3CCOCC3)c(Cl)c2)c1. The van der Waals surface area contributed by atoms with Crippen LogP contribution in [0.3, 0.4) is 0 Å². The highest BCUT2D eigenvalue weighted by Gasteiger charge is 2.14. The number of ether oxygens (including phenoxy) is 2. The summed E-state index contributed by atoms with van der Waals surface area (Å²) in [5.41, 5.74) is 3.59. The van der Waals surface area contributed by atoms with Gasteiger partial charge in [-0.2, -0.15) is 0 Å². The first-order valence-corrected chi connectivity index (χ1v) is 10.4. The number of nitrogens with zero attached hydrogens (tertiary/aromatic N) is 1. The van der Waals surface area contributed by atoms with E-state index in [1.807, 2.05) is 42.5 Å². The van der Waals surface area contributed by atoms with Gasteiger partial charge in [0.05, 0.1) is 23.9 Å². The van der Waals surface area contributed by atoms with Crippen molar-refractivity contribution in [1.82, 2.24) is 0 Å². The summed E-state index contributed by atoms with van der Waals surface area (Å²) in [6.07, 6.45) is 0. The van der Waals surface area contributed by atoms with Crippen LogP contribution in [0.25, 0.3) is 0 Å². The van der Waals surface area contributed by atoms with Gasteiger partial charge in [0.15, 0.2) is 0 Å². The molecule has 4 nitrogen and oxygen atoms in total. The molecule has 6 heteroatoms. The zero-order valence-electron chi connectivity index (χ0n) is 16.6. The Labute approximate surface area is 181 Å². The van der Waals surface area contributed by atoms with Crippen molar-refractivity contribution in [3.8, 4) is 5.75 Å². The number of morpholine rings is 1. The van der Waals surface area contributed by atoms with Crippen LogP contribution in [0.2, 0.25) is 5.02 Å². The van der Waals surface area contributed by atoms with Crippen molar-refractivity contribution in [3.05, 3.63) is 88.7 Å². The average Bonchev–Trinajstić information content (AvgIpc) is 2.78. The number of rotatable bonds is 7. The van der Waals surface area contributed by atoms with Gasteiger partial charge in [-0.25, -0.2) is 4.39 Å². The third-order valence-corrected chi connectivity index (χ3v) is 5.35. The van der Waals surface area contributed by atoms with E-state index in [2.05, 4.69) is 10.2 Å². The minimum absolute atomic E-state index is 0.197. The average molecular weight is 427 g/mol. The number of hydrogen-bond donors (Lipinski definition) is 1. The van der Waals surface area contributed by atoms with Crippen LogP contribution in [0, 0.1) is 5.82 Å². The number of benzene rings is 3. The van der Waals surface area contributed by atoms with Crippen LogP contribution in [0.15, 0.2) is 66.7 Å². The van der Waals surface area contributed by atoms with Gasteiger partial charge in [-0.1, -0.05) is 41.9 Å². The lowest BCUT2D eigenvalue weighted by molar-refractivity contribution is 0.122. The lowest BCUT2D eigenvalue weighted by atomic mass is 10.2. The molecule has 1 saturated heterocycles. The number of nitrogens with one attached hydrogen (secondary N) is 1. The minimum Gasteiger partial charge on any atom is -0.489 e. The highest BCUT2D eigenvalue weighted by molar-refractivity contribution is 6.33. The molecule has 3 aromatic rings. The van der Waals surface area contributed by atoms with Crippen LogP contribution in [0.4, 0.5) is 15.8 Å². The van der Waals surface area contributed by atoms with Crippen molar-refractivity contribution >= 4 is 23.0 Å². The lowest BCUT2D eigenvalue weighted by Gasteiger charge is -2.29. The maximum absolute atomic E-state index is 13.7. The highest BCUT2D eigenvalue weighted by atomic mass is 35.5. The van der Waals surface area contributed by atoms with Crippen molar-refractivity contribution in [2.24, 2.45) is 0 Å². The zero-order valence-corrected chi connectivity index (χ0v) is 17.4. The molecule has 3 aromatic carbocycles. The quantitative estimate of drug-likeness (QED) is 0.540. The lowest BCUT2D eigenvalue weighted by Crippen LogP contribution is -2.36. The predicted molar refractivity (Wildman–Crippen MR) is 119 cm³/mol. The molecular formula is C24H24ClFN2O2. The van der Waals surface area contributed by atoms with E-state index < -0.39 is 0 Å². The van der Waals surface area contributed by atoms with E-state index in [4.69, 9.17) is 21.1 Å². The summed E-state index contributed by atoms with van der Waals surface area (Å²) in [5, 5.41) is 4.12. The number of hydrogen-bond acceptors (Lipinski definition) is 4. The Morgan fingerprint density at radius 3 is 2.63 bits per heavy atom. The molecule has 0 aromatic heterocycles.